The van der Waals surface area contributed by atoms with Crippen LogP contribution in [0.15, 0.2) is 62.7 Å². The van der Waals surface area contributed by atoms with E-state index in [0.29, 0.717) is 37.4 Å². The Bertz CT molecular complexity index is 1430. The zero-order chi connectivity index (χ0) is 30.8. The molecule has 3 aliphatic carbocycles. The Kier molecular flexibility index (Phi) is 9.24. The molecule has 236 valence electrons. The number of ketones is 1. The molecule has 2 heterocycles. The van der Waals surface area contributed by atoms with Crippen LogP contribution in [0.4, 0.5) is 0 Å². The summed E-state index contributed by atoms with van der Waals surface area (Å²) < 4.78 is 23.5. The van der Waals surface area contributed by atoms with Gasteiger partial charge in [0.05, 0.1) is 19.3 Å². The number of allylic oxidation sites excluding steroid dienone is 3. The molecule has 6 atom stereocenters. The van der Waals surface area contributed by atoms with E-state index in [1.165, 1.54) is 5.57 Å². The summed E-state index contributed by atoms with van der Waals surface area (Å²) in [7, 11) is 1.86. The number of hydrogen-bond acceptors (Lipinski definition) is 9. The second-order valence-electron chi connectivity index (χ2n) is 12.5. The summed E-state index contributed by atoms with van der Waals surface area (Å²) in [4.78, 5) is 29.9. The van der Waals surface area contributed by atoms with E-state index in [1.54, 1.807) is 11.8 Å². The van der Waals surface area contributed by atoms with E-state index in [9.17, 15) is 9.59 Å². The second kappa shape index (κ2) is 13.1. The van der Waals surface area contributed by atoms with Gasteiger partial charge in [0, 0.05) is 17.2 Å². The number of nitrogens with one attached hydrogen (secondary N) is 1. The third-order valence-electron chi connectivity index (χ3n) is 9.86. The van der Waals surface area contributed by atoms with Crippen molar-refractivity contribution >= 4 is 23.5 Å². The van der Waals surface area contributed by atoms with Crippen LogP contribution in [0.1, 0.15) is 94.3 Å². The van der Waals surface area contributed by atoms with Crippen LogP contribution in [0.2, 0.25) is 0 Å². The van der Waals surface area contributed by atoms with Gasteiger partial charge in [-0.15, -0.1) is 11.8 Å². The van der Waals surface area contributed by atoms with E-state index in [4.69, 9.17) is 18.7 Å². The van der Waals surface area contributed by atoms with E-state index >= 15 is 0 Å². The van der Waals surface area contributed by atoms with Gasteiger partial charge >= 0.3 is 5.97 Å². The highest BCUT2D eigenvalue weighted by atomic mass is 32.2. The number of hydrogen-bond donors (Lipinski definition) is 1. The minimum atomic E-state index is -0.959. The van der Waals surface area contributed by atoms with E-state index in [0.717, 1.165) is 54.8 Å². The van der Waals surface area contributed by atoms with Gasteiger partial charge in [-0.3, -0.25) is 9.59 Å². The summed E-state index contributed by atoms with van der Waals surface area (Å²) >= 11 is 1.58. The molecule has 44 heavy (non-hydrogen) atoms. The number of thioether (sulfide) groups is 1. The number of aromatic nitrogens is 1. The lowest BCUT2D eigenvalue weighted by Crippen LogP contribution is -2.49. The molecule has 6 rings (SSSR count). The Balaban J connectivity index is 1.42. The SMILES string of the molecule is CCCCOC1=CCCC2=C1C[C@@]1(Sc3ccccc3)C(=O)O[C@H]3C(=O)c4c(OCCCC)noc4[C@@H](NC)[C@@H]3C[C@H]1[C@H]2C. The van der Waals surface area contributed by atoms with Crippen molar-refractivity contribution < 1.29 is 28.3 Å². The Labute approximate surface area is 264 Å². The number of esters is 1. The highest BCUT2D eigenvalue weighted by molar-refractivity contribution is 8.01. The van der Waals surface area contributed by atoms with Crippen LogP contribution >= 0.6 is 11.8 Å². The van der Waals surface area contributed by atoms with E-state index in [-0.39, 0.29) is 41.4 Å². The number of fused-ring (bicyclic) bond motifs is 3. The monoisotopic (exact) mass is 620 g/mol. The molecule has 1 saturated heterocycles. The number of carbonyl (C=O) groups excluding carboxylic acids is 2. The van der Waals surface area contributed by atoms with Crippen LogP contribution < -0.4 is 10.1 Å². The molecule has 0 radical (unpaired) electrons. The minimum absolute atomic E-state index is 0.0719. The lowest BCUT2D eigenvalue weighted by Gasteiger charge is -2.47. The van der Waals surface area contributed by atoms with Crippen LogP contribution in [-0.4, -0.2) is 48.0 Å². The predicted molar refractivity (Wildman–Crippen MR) is 169 cm³/mol. The van der Waals surface area contributed by atoms with Gasteiger partial charge in [-0.05, 0) is 79.9 Å². The molecule has 4 aliphatic rings. The van der Waals surface area contributed by atoms with Crippen molar-refractivity contribution in [3.63, 3.8) is 0 Å². The molecule has 8 nitrogen and oxygen atoms in total. The van der Waals surface area contributed by atoms with Gasteiger partial charge in [-0.2, -0.15) is 0 Å². The van der Waals surface area contributed by atoms with Crippen molar-refractivity contribution in [2.75, 3.05) is 20.3 Å². The molecule has 1 aromatic carbocycles. The first-order valence-electron chi connectivity index (χ1n) is 16.3. The maximum Gasteiger partial charge on any atom is 0.323 e. The first-order chi connectivity index (χ1) is 21.4. The average Bonchev–Trinajstić information content (AvgIpc) is 3.40. The number of rotatable bonds is 11. The Morgan fingerprint density at radius 3 is 2.57 bits per heavy atom. The number of Topliss-reactive ketones (excluding diaryl/α,β-unsaturated/α-hetero) is 1. The normalized spacial score (nSPS) is 29.5. The van der Waals surface area contributed by atoms with E-state index in [1.807, 2.05) is 37.4 Å². The maximum absolute atomic E-state index is 14.7. The summed E-state index contributed by atoms with van der Waals surface area (Å²) in [5, 5.41) is 7.53. The summed E-state index contributed by atoms with van der Waals surface area (Å²) in [6.45, 7) is 7.58. The van der Waals surface area contributed by atoms with Gasteiger partial charge in [0.25, 0.3) is 5.88 Å². The fraction of sp³-hybridized carbons (Fsp3) is 0.571. The van der Waals surface area contributed by atoms with E-state index in [2.05, 4.69) is 37.3 Å². The quantitative estimate of drug-likeness (QED) is 0.206. The maximum atomic E-state index is 14.7. The first kappa shape index (κ1) is 31.0. The largest absolute Gasteiger partial charge is 0.494 e. The highest BCUT2D eigenvalue weighted by Gasteiger charge is 2.61. The molecule has 1 aromatic heterocycles. The Morgan fingerprint density at radius 2 is 1.84 bits per heavy atom. The Morgan fingerprint density at radius 1 is 1.09 bits per heavy atom. The number of unbranched alkanes of at least 4 members (excludes halogenated alkanes) is 2. The van der Waals surface area contributed by atoms with Crippen LogP contribution in [0.5, 0.6) is 5.88 Å². The average molecular weight is 621 g/mol. The fourth-order valence-electron chi connectivity index (χ4n) is 7.58. The van der Waals surface area contributed by atoms with Crippen LogP contribution in [0.3, 0.4) is 0 Å². The van der Waals surface area contributed by atoms with Gasteiger partial charge in [-0.25, -0.2) is 0 Å². The third-order valence-corrected chi connectivity index (χ3v) is 11.3. The number of benzene rings is 1. The first-order valence-corrected chi connectivity index (χ1v) is 17.1. The summed E-state index contributed by atoms with van der Waals surface area (Å²) in [6, 6.07) is 9.73. The molecular formula is C35H44N2O6S. The molecule has 0 bridgehead atoms. The molecule has 0 amide bonds. The standard InChI is InChI=1S/C35H44N2O6S/c1-5-7-17-40-27-16-12-15-23-21(3)26-19-24-29(36-4)32-28(33(37-43-32)41-18-8-6-2)30(38)31(24)42-34(39)35(26,20-25(23)27)44-22-13-10-9-11-14-22/h9-11,13-14,16,21,24,26,29,31,36H,5-8,12,15,17-20H2,1-4H3/t21-,24-,26-,29-,31+,35-/m0/s1. The van der Waals surface area contributed by atoms with Crippen molar-refractivity contribution in [2.24, 2.45) is 17.8 Å². The lowest BCUT2D eigenvalue weighted by atomic mass is 9.63. The van der Waals surface area contributed by atoms with Crippen LogP contribution in [-0.2, 0) is 14.3 Å². The zero-order valence-electron chi connectivity index (χ0n) is 26.2. The third kappa shape index (κ3) is 5.40. The highest BCUT2D eigenvalue weighted by Crippen LogP contribution is 2.60. The molecule has 0 spiro atoms. The number of ether oxygens (including phenoxy) is 3. The van der Waals surface area contributed by atoms with Crippen molar-refractivity contribution in [1.82, 2.24) is 10.5 Å². The fourth-order valence-corrected chi connectivity index (χ4v) is 9.09. The van der Waals surface area contributed by atoms with E-state index < -0.39 is 10.9 Å². The number of carbonyl (C=O) groups is 2. The molecule has 1 fully saturated rings. The molecule has 1 N–H and O–H groups in total. The molecule has 9 heteroatoms. The summed E-state index contributed by atoms with van der Waals surface area (Å²) in [5.41, 5.74) is 2.80. The molecule has 0 unspecified atom stereocenters. The van der Waals surface area contributed by atoms with Gasteiger partial charge in [0.15, 0.2) is 11.9 Å². The number of nitrogens with zero attached hydrogens (tertiary/aromatic N) is 1. The lowest BCUT2D eigenvalue weighted by molar-refractivity contribution is -0.152. The second-order valence-corrected chi connectivity index (χ2v) is 13.9. The van der Waals surface area contributed by atoms with Gasteiger partial charge < -0.3 is 24.1 Å². The zero-order valence-corrected chi connectivity index (χ0v) is 27.0. The van der Waals surface area contributed by atoms with Crippen LogP contribution in [0.25, 0.3) is 0 Å². The van der Waals surface area contributed by atoms with Crippen LogP contribution in [0, 0.1) is 17.8 Å². The molecule has 1 aliphatic heterocycles. The minimum Gasteiger partial charge on any atom is -0.494 e. The predicted octanol–water partition coefficient (Wildman–Crippen LogP) is 7.22. The van der Waals surface area contributed by atoms with Gasteiger partial charge in [0.1, 0.15) is 16.1 Å². The van der Waals surface area contributed by atoms with Gasteiger partial charge in [0.2, 0.25) is 5.78 Å². The van der Waals surface area contributed by atoms with Gasteiger partial charge in [-0.1, -0.05) is 57.4 Å². The molecular weight excluding hydrogens is 576 g/mol. The smallest absolute Gasteiger partial charge is 0.323 e. The summed E-state index contributed by atoms with van der Waals surface area (Å²) in [6.07, 6.45) is 8.04. The van der Waals surface area contributed by atoms with Crippen molar-refractivity contribution in [3.8, 4) is 5.88 Å². The summed E-state index contributed by atoms with van der Waals surface area (Å²) in [5.74, 6) is 0.660. The molecule has 0 saturated carbocycles. The van der Waals surface area contributed by atoms with Crippen molar-refractivity contribution in [1.29, 1.82) is 0 Å². The molecule has 2 aromatic rings. The van der Waals surface area contributed by atoms with Crippen molar-refractivity contribution in [3.05, 3.63) is 64.6 Å². The van der Waals surface area contributed by atoms with Crippen molar-refractivity contribution in [2.45, 2.75) is 93.9 Å². The Hall–Kier alpha value is -3.04. The topological polar surface area (TPSA) is 99.9 Å².